The Labute approximate surface area is 140 Å². The zero-order valence-electron chi connectivity index (χ0n) is 14.7. The summed E-state index contributed by atoms with van der Waals surface area (Å²) in [4.78, 5) is 30.5. The minimum Gasteiger partial charge on any atom is -0.342 e. The van der Waals surface area contributed by atoms with Crippen LogP contribution in [0.15, 0.2) is 0 Å². The number of nitrogens with two attached hydrogens (primary N) is 1. The maximum Gasteiger partial charge on any atom is 0.236 e. The molecular weight excluding hydrogens is 292 g/mol. The molecule has 2 rings (SSSR count). The van der Waals surface area contributed by atoms with Gasteiger partial charge in [-0.3, -0.25) is 14.5 Å². The van der Waals surface area contributed by atoms with Gasteiger partial charge in [0.25, 0.3) is 0 Å². The number of nitrogens with zero attached hydrogens (tertiary/aromatic N) is 3. The van der Waals surface area contributed by atoms with Crippen LogP contribution in [0, 0.1) is 5.92 Å². The van der Waals surface area contributed by atoms with Crippen LogP contribution < -0.4 is 5.73 Å². The molecule has 0 radical (unpaired) electrons. The van der Waals surface area contributed by atoms with Crippen molar-refractivity contribution in [1.82, 2.24) is 14.7 Å². The van der Waals surface area contributed by atoms with E-state index in [4.69, 9.17) is 5.73 Å². The third kappa shape index (κ3) is 4.91. The molecule has 2 amide bonds. The van der Waals surface area contributed by atoms with E-state index in [1.54, 1.807) is 0 Å². The highest BCUT2D eigenvalue weighted by Gasteiger charge is 2.29. The van der Waals surface area contributed by atoms with Gasteiger partial charge in [-0.2, -0.15) is 0 Å². The summed E-state index contributed by atoms with van der Waals surface area (Å²) in [5.41, 5.74) is 6.07. The van der Waals surface area contributed by atoms with Gasteiger partial charge >= 0.3 is 0 Å². The van der Waals surface area contributed by atoms with Crippen LogP contribution in [0.4, 0.5) is 0 Å². The van der Waals surface area contributed by atoms with Crippen LogP contribution in [0.3, 0.4) is 0 Å². The van der Waals surface area contributed by atoms with E-state index >= 15 is 0 Å². The van der Waals surface area contributed by atoms with Crippen molar-refractivity contribution < 1.29 is 9.59 Å². The molecule has 1 heterocycles. The Balaban J connectivity index is 1.73. The topological polar surface area (TPSA) is 69.9 Å². The fourth-order valence-corrected chi connectivity index (χ4v) is 3.70. The van der Waals surface area contributed by atoms with Crippen LogP contribution in [0.25, 0.3) is 0 Å². The molecule has 0 aromatic heterocycles. The molecule has 0 unspecified atom stereocenters. The molecule has 2 N–H and O–H groups in total. The highest BCUT2D eigenvalue weighted by atomic mass is 16.2. The largest absolute Gasteiger partial charge is 0.342 e. The predicted octanol–water partition coefficient (Wildman–Crippen LogP) is 0.517. The molecule has 23 heavy (non-hydrogen) atoms. The Kier molecular flexibility index (Phi) is 6.84. The van der Waals surface area contributed by atoms with Gasteiger partial charge < -0.3 is 15.5 Å². The molecule has 1 saturated heterocycles. The number of carbonyl (C=O) groups is 2. The van der Waals surface area contributed by atoms with E-state index in [9.17, 15) is 9.59 Å². The molecule has 6 heteroatoms. The molecule has 132 valence electrons. The fourth-order valence-electron chi connectivity index (χ4n) is 3.70. The molecule has 1 saturated carbocycles. The second kappa shape index (κ2) is 8.64. The second-order valence-corrected chi connectivity index (χ2v) is 6.78. The van der Waals surface area contributed by atoms with Crippen LogP contribution in [0.1, 0.15) is 39.5 Å². The molecule has 1 aliphatic heterocycles. The summed E-state index contributed by atoms with van der Waals surface area (Å²) in [5, 5.41) is 0. The van der Waals surface area contributed by atoms with Crippen molar-refractivity contribution in [2.45, 2.75) is 45.6 Å². The van der Waals surface area contributed by atoms with Gasteiger partial charge in [-0.15, -0.1) is 0 Å². The van der Waals surface area contributed by atoms with Gasteiger partial charge in [0.1, 0.15) is 0 Å². The van der Waals surface area contributed by atoms with Crippen LogP contribution in [-0.2, 0) is 9.59 Å². The van der Waals surface area contributed by atoms with E-state index in [0.29, 0.717) is 18.9 Å². The third-order valence-electron chi connectivity index (χ3n) is 5.35. The minimum atomic E-state index is 0.187. The molecule has 2 fully saturated rings. The van der Waals surface area contributed by atoms with Gasteiger partial charge in [-0.05, 0) is 32.6 Å². The number of hydrogen-bond acceptors (Lipinski definition) is 4. The summed E-state index contributed by atoms with van der Waals surface area (Å²) in [5.74, 6) is 0.790. The smallest absolute Gasteiger partial charge is 0.236 e. The summed E-state index contributed by atoms with van der Waals surface area (Å²) in [6, 6.07) is 0.201. The summed E-state index contributed by atoms with van der Waals surface area (Å²) in [6.07, 6.45) is 3.89. The average molecular weight is 324 g/mol. The van der Waals surface area contributed by atoms with E-state index < -0.39 is 0 Å². The summed E-state index contributed by atoms with van der Waals surface area (Å²) < 4.78 is 0. The number of likely N-dealkylation sites (N-methyl/N-ethyl adjacent to an activating group) is 1. The van der Waals surface area contributed by atoms with Crippen LogP contribution >= 0.6 is 0 Å². The normalized spacial score (nSPS) is 25.6. The van der Waals surface area contributed by atoms with E-state index in [1.807, 2.05) is 23.6 Å². The van der Waals surface area contributed by atoms with Crippen molar-refractivity contribution in [2.75, 3.05) is 45.8 Å². The highest BCUT2D eigenvalue weighted by Crippen LogP contribution is 2.27. The van der Waals surface area contributed by atoms with Crippen molar-refractivity contribution in [1.29, 1.82) is 0 Å². The number of amides is 2. The highest BCUT2D eigenvalue weighted by molar-refractivity contribution is 5.78. The Hall–Kier alpha value is -1.14. The molecule has 1 aliphatic carbocycles. The molecule has 2 aliphatic rings. The Bertz CT molecular complexity index is 403. The van der Waals surface area contributed by atoms with Gasteiger partial charge in [-0.1, -0.05) is 6.42 Å². The lowest BCUT2D eigenvalue weighted by Crippen LogP contribution is -2.52. The Morgan fingerprint density at radius 3 is 2.26 bits per heavy atom. The Morgan fingerprint density at radius 2 is 1.74 bits per heavy atom. The van der Waals surface area contributed by atoms with Gasteiger partial charge in [0.2, 0.25) is 11.8 Å². The van der Waals surface area contributed by atoms with E-state index in [1.165, 1.54) is 0 Å². The predicted molar refractivity (Wildman–Crippen MR) is 90.9 cm³/mol. The summed E-state index contributed by atoms with van der Waals surface area (Å²) >= 11 is 0. The summed E-state index contributed by atoms with van der Waals surface area (Å²) in [7, 11) is 0. The van der Waals surface area contributed by atoms with Crippen molar-refractivity contribution >= 4 is 11.8 Å². The fraction of sp³-hybridized carbons (Fsp3) is 0.882. The van der Waals surface area contributed by atoms with Crippen molar-refractivity contribution in [2.24, 2.45) is 11.7 Å². The van der Waals surface area contributed by atoms with E-state index in [2.05, 4.69) is 4.90 Å². The first-order valence-electron chi connectivity index (χ1n) is 9.08. The van der Waals surface area contributed by atoms with Gasteiger partial charge in [0.05, 0.1) is 6.54 Å². The first kappa shape index (κ1) is 18.2. The average Bonchev–Trinajstić information content (AvgIpc) is 2.94. The molecule has 0 bridgehead atoms. The first-order valence-corrected chi connectivity index (χ1v) is 9.08. The first-order chi connectivity index (χ1) is 11.0. The number of hydrogen-bond donors (Lipinski definition) is 1. The van der Waals surface area contributed by atoms with E-state index in [0.717, 1.165) is 58.5 Å². The van der Waals surface area contributed by atoms with Crippen molar-refractivity contribution in [3.8, 4) is 0 Å². The number of carbonyl (C=O) groups excluding carboxylic acids is 2. The third-order valence-corrected chi connectivity index (χ3v) is 5.35. The Morgan fingerprint density at radius 1 is 1.09 bits per heavy atom. The lowest BCUT2D eigenvalue weighted by Gasteiger charge is -2.35. The lowest BCUT2D eigenvalue weighted by molar-refractivity contribution is -0.135. The quantitative estimate of drug-likeness (QED) is 0.773. The monoisotopic (exact) mass is 324 g/mol. The zero-order valence-corrected chi connectivity index (χ0v) is 14.7. The van der Waals surface area contributed by atoms with Crippen molar-refractivity contribution in [3.05, 3.63) is 0 Å². The number of rotatable bonds is 6. The van der Waals surface area contributed by atoms with Gasteiger partial charge in [-0.25, -0.2) is 0 Å². The van der Waals surface area contributed by atoms with Crippen LogP contribution in [0.2, 0.25) is 0 Å². The van der Waals surface area contributed by atoms with E-state index in [-0.39, 0.29) is 17.9 Å². The van der Waals surface area contributed by atoms with Crippen molar-refractivity contribution in [3.63, 3.8) is 0 Å². The number of piperazine rings is 1. The van der Waals surface area contributed by atoms with Crippen LogP contribution in [-0.4, -0.2) is 78.4 Å². The summed E-state index contributed by atoms with van der Waals surface area (Å²) in [6.45, 7) is 9.03. The maximum absolute atomic E-state index is 12.4. The lowest BCUT2D eigenvalue weighted by atomic mass is 9.99. The molecule has 0 aromatic carbocycles. The molecule has 2 atom stereocenters. The zero-order chi connectivity index (χ0) is 16.8. The molecule has 0 spiro atoms. The van der Waals surface area contributed by atoms with Gasteiger partial charge in [0, 0.05) is 51.7 Å². The standard InChI is InChI=1S/C17H32N4O2/c1-3-20(4-2)17(23)13-19-8-10-21(11-9-19)16(22)12-14-6-5-7-15(14)18/h14-15H,3-13,18H2,1-2H3/t14-,15+/m0/s1. The SMILES string of the molecule is CCN(CC)C(=O)CN1CCN(C(=O)C[C@@H]2CCC[C@H]2N)CC1. The minimum absolute atomic E-state index is 0.187. The van der Waals surface area contributed by atoms with Crippen LogP contribution in [0.5, 0.6) is 0 Å². The molecule has 6 nitrogen and oxygen atoms in total. The molecule has 0 aromatic rings. The maximum atomic E-state index is 12.4. The molecular formula is C17H32N4O2. The van der Waals surface area contributed by atoms with Gasteiger partial charge in [0.15, 0.2) is 0 Å². The second-order valence-electron chi connectivity index (χ2n) is 6.78.